The van der Waals surface area contributed by atoms with Crippen LogP contribution in [-0.4, -0.2) is 24.2 Å². The molecule has 0 saturated carbocycles. The van der Waals surface area contributed by atoms with Gasteiger partial charge in [0.05, 0.1) is 18.7 Å². The van der Waals surface area contributed by atoms with Crippen LogP contribution >= 0.6 is 11.8 Å². The largest absolute Gasteiger partial charge is 0.466 e. The third-order valence-electron chi connectivity index (χ3n) is 5.02. The van der Waals surface area contributed by atoms with E-state index in [-0.39, 0.29) is 11.9 Å². The van der Waals surface area contributed by atoms with Gasteiger partial charge < -0.3 is 9.64 Å². The van der Waals surface area contributed by atoms with Crippen molar-refractivity contribution in [3.05, 3.63) is 59.2 Å². The molecule has 0 saturated heterocycles. The molecule has 0 aromatic heterocycles. The third kappa shape index (κ3) is 5.81. The fraction of sp³-hybridized carbons (Fsp3) is 0.391. The molecule has 0 unspecified atom stereocenters. The fourth-order valence-electron chi connectivity index (χ4n) is 3.44. The van der Waals surface area contributed by atoms with E-state index in [9.17, 15) is 22.8 Å². The molecule has 4 nitrogen and oxygen atoms in total. The lowest BCUT2D eigenvalue weighted by Gasteiger charge is -2.17. The first kappa shape index (κ1) is 23.2. The minimum atomic E-state index is -4.41. The van der Waals surface area contributed by atoms with Gasteiger partial charge in [-0.05, 0) is 67.5 Å². The molecule has 166 valence electrons. The standard InChI is InChI=1S/C23H24F3NO3S/c1-2-30-21(28)9-4-3-5-14-31-20-8-6-7-18-19(20)15-27(22(18)29)17-12-10-16(11-13-17)23(24,25)26/h6-8,10-13H,2-5,9,14-15H2,1H3. The lowest BCUT2D eigenvalue weighted by atomic mass is 10.1. The number of halogens is 3. The Kier molecular flexibility index (Phi) is 7.64. The van der Waals surface area contributed by atoms with Gasteiger partial charge in [0.2, 0.25) is 0 Å². The number of esters is 1. The molecule has 2 aromatic carbocycles. The topological polar surface area (TPSA) is 46.6 Å². The molecule has 0 radical (unpaired) electrons. The predicted octanol–water partition coefficient (Wildman–Crippen LogP) is 6.08. The van der Waals surface area contributed by atoms with Crippen LogP contribution in [0.15, 0.2) is 47.4 Å². The second-order valence-corrected chi connectivity index (χ2v) is 8.32. The average molecular weight is 452 g/mol. The number of anilines is 1. The van der Waals surface area contributed by atoms with E-state index in [1.54, 1.807) is 24.8 Å². The summed E-state index contributed by atoms with van der Waals surface area (Å²) in [6.07, 6.45) is -1.35. The number of rotatable bonds is 9. The average Bonchev–Trinajstić information content (AvgIpc) is 3.08. The maximum Gasteiger partial charge on any atom is 0.416 e. The van der Waals surface area contributed by atoms with E-state index in [0.29, 0.717) is 30.8 Å². The second kappa shape index (κ2) is 10.2. The van der Waals surface area contributed by atoms with Crippen LogP contribution in [-0.2, 0) is 22.3 Å². The molecule has 0 fully saturated rings. The highest BCUT2D eigenvalue weighted by atomic mass is 32.2. The minimum absolute atomic E-state index is 0.169. The number of amides is 1. The summed E-state index contributed by atoms with van der Waals surface area (Å²) in [6, 6.07) is 10.2. The Morgan fingerprint density at radius 2 is 1.84 bits per heavy atom. The summed E-state index contributed by atoms with van der Waals surface area (Å²) < 4.78 is 43.3. The first-order valence-corrected chi connectivity index (χ1v) is 11.2. The number of nitrogens with zero attached hydrogens (tertiary/aromatic N) is 1. The quantitative estimate of drug-likeness (QED) is 0.263. The summed E-state index contributed by atoms with van der Waals surface area (Å²) in [5, 5.41) is 0. The summed E-state index contributed by atoms with van der Waals surface area (Å²) in [5.74, 6) is 0.484. The molecular formula is C23H24F3NO3S. The van der Waals surface area contributed by atoms with E-state index in [1.165, 1.54) is 17.0 Å². The summed E-state index contributed by atoms with van der Waals surface area (Å²) in [4.78, 5) is 26.7. The second-order valence-electron chi connectivity index (χ2n) is 7.18. The van der Waals surface area contributed by atoms with Crippen molar-refractivity contribution in [2.24, 2.45) is 0 Å². The molecule has 2 aromatic rings. The number of alkyl halides is 3. The van der Waals surface area contributed by atoms with E-state index in [2.05, 4.69) is 0 Å². The van der Waals surface area contributed by atoms with Crippen molar-refractivity contribution in [1.29, 1.82) is 0 Å². The fourth-order valence-corrected chi connectivity index (χ4v) is 4.53. The van der Waals surface area contributed by atoms with E-state index < -0.39 is 11.7 Å². The van der Waals surface area contributed by atoms with Gasteiger partial charge in [-0.3, -0.25) is 9.59 Å². The molecule has 0 bridgehead atoms. The van der Waals surface area contributed by atoms with Crippen LogP contribution in [0.25, 0.3) is 0 Å². The molecular weight excluding hydrogens is 427 g/mol. The van der Waals surface area contributed by atoms with E-state index in [4.69, 9.17) is 4.74 Å². The number of carbonyl (C=O) groups excluding carboxylic acids is 2. The third-order valence-corrected chi connectivity index (χ3v) is 6.21. The van der Waals surface area contributed by atoms with Crippen molar-refractivity contribution < 1.29 is 27.5 Å². The molecule has 1 aliphatic heterocycles. The molecule has 0 atom stereocenters. The summed E-state index contributed by atoms with van der Waals surface area (Å²) in [5.41, 5.74) is 1.21. The van der Waals surface area contributed by atoms with Crippen LogP contribution in [0.2, 0.25) is 0 Å². The maximum absolute atomic E-state index is 12.8. The van der Waals surface area contributed by atoms with E-state index in [1.807, 2.05) is 12.1 Å². The van der Waals surface area contributed by atoms with E-state index in [0.717, 1.165) is 47.6 Å². The number of ether oxygens (including phenoxy) is 1. The predicted molar refractivity (Wildman–Crippen MR) is 114 cm³/mol. The molecule has 0 N–H and O–H groups in total. The highest BCUT2D eigenvalue weighted by molar-refractivity contribution is 7.99. The lowest BCUT2D eigenvalue weighted by molar-refractivity contribution is -0.143. The normalized spacial score (nSPS) is 13.4. The minimum Gasteiger partial charge on any atom is -0.466 e. The van der Waals surface area contributed by atoms with Crippen molar-refractivity contribution >= 4 is 29.3 Å². The highest BCUT2D eigenvalue weighted by Crippen LogP contribution is 2.36. The van der Waals surface area contributed by atoms with Gasteiger partial charge in [0.25, 0.3) is 5.91 Å². The molecule has 0 spiro atoms. The summed E-state index contributed by atoms with van der Waals surface area (Å²) in [6.45, 7) is 2.53. The Labute approximate surface area is 183 Å². The lowest BCUT2D eigenvalue weighted by Crippen LogP contribution is -2.23. The number of thioether (sulfide) groups is 1. The zero-order valence-electron chi connectivity index (χ0n) is 17.2. The van der Waals surface area contributed by atoms with Gasteiger partial charge in [-0.15, -0.1) is 11.8 Å². The van der Waals surface area contributed by atoms with Gasteiger partial charge in [0, 0.05) is 22.6 Å². The molecule has 0 aliphatic carbocycles. The van der Waals surface area contributed by atoms with Crippen molar-refractivity contribution in [2.75, 3.05) is 17.3 Å². The van der Waals surface area contributed by atoms with Crippen LogP contribution in [0, 0.1) is 0 Å². The van der Waals surface area contributed by atoms with Gasteiger partial charge >= 0.3 is 12.1 Å². The van der Waals surface area contributed by atoms with Crippen LogP contribution < -0.4 is 4.90 Å². The number of benzene rings is 2. The van der Waals surface area contributed by atoms with Gasteiger partial charge in [-0.1, -0.05) is 12.5 Å². The SMILES string of the molecule is CCOC(=O)CCCCCSc1cccc2c1CN(c1ccc(C(F)(F)F)cc1)C2=O. The van der Waals surface area contributed by atoms with Gasteiger partial charge in [-0.2, -0.15) is 13.2 Å². The Bertz CT molecular complexity index is 929. The van der Waals surface area contributed by atoms with Crippen LogP contribution in [0.5, 0.6) is 0 Å². The molecule has 1 amide bonds. The molecule has 31 heavy (non-hydrogen) atoms. The zero-order chi connectivity index (χ0) is 22.4. The maximum atomic E-state index is 12.8. The smallest absolute Gasteiger partial charge is 0.416 e. The van der Waals surface area contributed by atoms with Crippen molar-refractivity contribution in [3.8, 4) is 0 Å². The van der Waals surface area contributed by atoms with Crippen LogP contribution in [0.3, 0.4) is 0 Å². The Morgan fingerprint density at radius 3 is 2.52 bits per heavy atom. The number of fused-ring (bicyclic) bond motifs is 1. The first-order valence-electron chi connectivity index (χ1n) is 10.2. The van der Waals surface area contributed by atoms with Crippen molar-refractivity contribution in [3.63, 3.8) is 0 Å². The highest BCUT2D eigenvalue weighted by Gasteiger charge is 2.33. The monoisotopic (exact) mass is 451 g/mol. The molecule has 8 heteroatoms. The zero-order valence-corrected chi connectivity index (χ0v) is 18.0. The Morgan fingerprint density at radius 1 is 1.10 bits per heavy atom. The van der Waals surface area contributed by atoms with Gasteiger partial charge in [0.1, 0.15) is 0 Å². The van der Waals surface area contributed by atoms with Gasteiger partial charge in [0.15, 0.2) is 0 Å². The van der Waals surface area contributed by atoms with Crippen LogP contribution in [0.1, 0.15) is 54.1 Å². The van der Waals surface area contributed by atoms with Gasteiger partial charge in [-0.25, -0.2) is 0 Å². The Hall–Kier alpha value is -2.48. The summed E-state index contributed by atoms with van der Waals surface area (Å²) >= 11 is 1.66. The molecule has 1 aliphatic rings. The molecule has 3 rings (SSSR count). The van der Waals surface area contributed by atoms with E-state index >= 15 is 0 Å². The van der Waals surface area contributed by atoms with Crippen molar-refractivity contribution in [1.82, 2.24) is 0 Å². The Balaban J connectivity index is 1.58. The first-order chi connectivity index (χ1) is 14.8. The number of hydrogen-bond donors (Lipinski definition) is 0. The van der Waals surface area contributed by atoms with Crippen molar-refractivity contribution in [2.45, 2.75) is 50.2 Å². The molecule has 1 heterocycles. The number of unbranched alkanes of at least 4 members (excludes halogenated alkanes) is 2. The van der Waals surface area contributed by atoms with Crippen LogP contribution in [0.4, 0.5) is 18.9 Å². The number of hydrogen-bond acceptors (Lipinski definition) is 4. The summed E-state index contributed by atoms with van der Waals surface area (Å²) in [7, 11) is 0. The number of carbonyl (C=O) groups is 2.